The molecule has 0 bridgehead atoms. The lowest BCUT2D eigenvalue weighted by Crippen LogP contribution is -2.24. The second-order valence-corrected chi connectivity index (χ2v) is 5.24. The maximum Gasteiger partial charge on any atom is 0.155 e. The minimum absolute atomic E-state index is 0.488. The van der Waals surface area contributed by atoms with Crippen LogP contribution in [0.4, 0.5) is 17.3 Å². The molecule has 0 spiro atoms. The van der Waals surface area contributed by atoms with Gasteiger partial charge in [0.05, 0.1) is 0 Å². The van der Waals surface area contributed by atoms with Gasteiger partial charge in [0.15, 0.2) is 11.6 Å². The van der Waals surface area contributed by atoms with Crippen LogP contribution in [0.3, 0.4) is 0 Å². The highest BCUT2D eigenvalue weighted by atomic mass is 16.5. The summed E-state index contributed by atoms with van der Waals surface area (Å²) in [6.07, 6.45) is 8.77. The van der Waals surface area contributed by atoms with E-state index in [1.54, 1.807) is 13.4 Å². The van der Waals surface area contributed by atoms with Gasteiger partial charge in [0, 0.05) is 26.3 Å². The smallest absolute Gasteiger partial charge is 0.155 e. The van der Waals surface area contributed by atoms with Gasteiger partial charge in [-0.1, -0.05) is 19.3 Å². The molecule has 1 heterocycles. The Kier molecular flexibility index (Phi) is 5.86. The number of nitrogens with two attached hydrogens (primary N) is 1. The van der Waals surface area contributed by atoms with Crippen LogP contribution in [0, 0.1) is 0 Å². The van der Waals surface area contributed by atoms with Crippen molar-refractivity contribution < 1.29 is 4.74 Å². The first kappa shape index (κ1) is 14.8. The van der Waals surface area contributed by atoms with E-state index in [1.165, 1.54) is 32.1 Å². The number of methoxy groups -OCH3 is 1. The summed E-state index contributed by atoms with van der Waals surface area (Å²) in [5, 5.41) is 6.68. The molecule has 2 rings (SSSR count). The van der Waals surface area contributed by atoms with Gasteiger partial charge in [0.1, 0.15) is 12.0 Å². The molecule has 0 atom stereocenters. The van der Waals surface area contributed by atoms with E-state index in [1.807, 2.05) is 0 Å². The second-order valence-electron chi connectivity index (χ2n) is 5.24. The molecule has 1 fully saturated rings. The van der Waals surface area contributed by atoms with E-state index in [4.69, 9.17) is 10.5 Å². The molecule has 0 radical (unpaired) electrons. The minimum Gasteiger partial charge on any atom is -0.393 e. The predicted octanol–water partition coefficient (Wildman–Crippen LogP) is 2.25. The molecule has 1 aromatic rings. The van der Waals surface area contributed by atoms with E-state index in [0.717, 1.165) is 25.4 Å². The van der Waals surface area contributed by atoms with Crippen LogP contribution in [0.25, 0.3) is 0 Å². The Morgan fingerprint density at radius 1 is 1.25 bits per heavy atom. The third-order valence-electron chi connectivity index (χ3n) is 3.65. The Bertz CT molecular complexity index is 407. The van der Waals surface area contributed by atoms with E-state index in [2.05, 4.69) is 20.6 Å². The van der Waals surface area contributed by atoms with Crippen LogP contribution in [0.1, 0.15) is 38.5 Å². The van der Waals surface area contributed by atoms with Crippen molar-refractivity contribution in [3.05, 3.63) is 6.33 Å². The van der Waals surface area contributed by atoms with Crippen molar-refractivity contribution in [3.63, 3.8) is 0 Å². The largest absolute Gasteiger partial charge is 0.393 e. The molecular formula is C14H25N5O. The first-order valence-electron chi connectivity index (χ1n) is 7.41. The van der Waals surface area contributed by atoms with Gasteiger partial charge in [-0.3, -0.25) is 0 Å². The average Bonchev–Trinajstić information content (AvgIpc) is 2.48. The number of nitrogens with one attached hydrogen (secondary N) is 2. The summed E-state index contributed by atoms with van der Waals surface area (Å²) in [6, 6.07) is 0.488. The molecule has 6 nitrogen and oxygen atoms in total. The number of rotatable bonds is 7. The van der Waals surface area contributed by atoms with Crippen molar-refractivity contribution in [1.82, 2.24) is 9.97 Å². The van der Waals surface area contributed by atoms with Crippen LogP contribution in [0.15, 0.2) is 6.33 Å². The van der Waals surface area contributed by atoms with Crippen LogP contribution < -0.4 is 16.4 Å². The topological polar surface area (TPSA) is 85.1 Å². The van der Waals surface area contributed by atoms with Crippen LogP contribution in [0.2, 0.25) is 0 Å². The van der Waals surface area contributed by atoms with Crippen molar-refractivity contribution in [2.45, 2.75) is 44.6 Å². The molecule has 0 saturated heterocycles. The maximum absolute atomic E-state index is 6.13. The summed E-state index contributed by atoms with van der Waals surface area (Å²) in [7, 11) is 1.70. The van der Waals surface area contributed by atoms with E-state index in [9.17, 15) is 0 Å². The Hall–Kier alpha value is -1.56. The third kappa shape index (κ3) is 4.23. The lowest BCUT2D eigenvalue weighted by molar-refractivity contribution is 0.198. The highest BCUT2D eigenvalue weighted by Crippen LogP contribution is 2.26. The zero-order valence-corrected chi connectivity index (χ0v) is 12.2. The Morgan fingerprint density at radius 3 is 2.75 bits per heavy atom. The Morgan fingerprint density at radius 2 is 2.00 bits per heavy atom. The van der Waals surface area contributed by atoms with Gasteiger partial charge < -0.3 is 21.1 Å². The van der Waals surface area contributed by atoms with E-state index >= 15 is 0 Å². The fraction of sp³-hybridized carbons (Fsp3) is 0.714. The molecular weight excluding hydrogens is 254 g/mol. The van der Waals surface area contributed by atoms with Crippen molar-refractivity contribution >= 4 is 17.3 Å². The van der Waals surface area contributed by atoms with Gasteiger partial charge in [0.2, 0.25) is 0 Å². The van der Waals surface area contributed by atoms with Gasteiger partial charge in [0.25, 0.3) is 0 Å². The quantitative estimate of drug-likeness (QED) is 0.664. The second kappa shape index (κ2) is 7.89. The lowest BCUT2D eigenvalue weighted by Gasteiger charge is -2.24. The molecule has 112 valence electrons. The van der Waals surface area contributed by atoms with Crippen LogP contribution in [-0.2, 0) is 4.74 Å². The maximum atomic E-state index is 6.13. The molecule has 20 heavy (non-hydrogen) atoms. The fourth-order valence-electron chi connectivity index (χ4n) is 2.52. The number of hydrogen-bond donors (Lipinski definition) is 3. The molecule has 4 N–H and O–H groups in total. The summed E-state index contributed by atoms with van der Waals surface area (Å²) < 4.78 is 5.02. The number of ether oxygens (including phenoxy) is 1. The highest BCUT2D eigenvalue weighted by Gasteiger charge is 2.16. The van der Waals surface area contributed by atoms with Gasteiger partial charge in [-0.05, 0) is 19.3 Å². The summed E-state index contributed by atoms with van der Waals surface area (Å²) in [5.74, 6) is 1.45. The number of nitrogens with zero attached hydrogens (tertiary/aromatic N) is 2. The van der Waals surface area contributed by atoms with Crippen LogP contribution in [0.5, 0.6) is 0 Å². The third-order valence-corrected chi connectivity index (χ3v) is 3.65. The summed E-state index contributed by atoms with van der Waals surface area (Å²) in [4.78, 5) is 8.47. The molecule has 1 aromatic heterocycles. The first-order valence-corrected chi connectivity index (χ1v) is 7.41. The molecule has 6 heteroatoms. The van der Waals surface area contributed by atoms with E-state index < -0.39 is 0 Å². The fourth-order valence-corrected chi connectivity index (χ4v) is 2.52. The van der Waals surface area contributed by atoms with Gasteiger partial charge in [-0.25, -0.2) is 9.97 Å². The number of anilines is 3. The molecule has 1 aliphatic rings. The molecule has 1 saturated carbocycles. The minimum atomic E-state index is 0.488. The van der Waals surface area contributed by atoms with Crippen molar-refractivity contribution in [2.75, 3.05) is 36.6 Å². The van der Waals surface area contributed by atoms with Gasteiger partial charge >= 0.3 is 0 Å². The summed E-state index contributed by atoms with van der Waals surface area (Å²) >= 11 is 0. The Balaban J connectivity index is 1.91. The normalized spacial score (nSPS) is 16.1. The van der Waals surface area contributed by atoms with E-state index in [-0.39, 0.29) is 0 Å². The molecule has 0 aromatic carbocycles. The molecule has 0 aliphatic heterocycles. The van der Waals surface area contributed by atoms with Crippen LogP contribution >= 0.6 is 0 Å². The Labute approximate surface area is 120 Å². The van der Waals surface area contributed by atoms with Crippen molar-refractivity contribution in [3.8, 4) is 0 Å². The van der Waals surface area contributed by atoms with Gasteiger partial charge in [-0.15, -0.1) is 0 Å². The zero-order valence-electron chi connectivity index (χ0n) is 12.2. The lowest BCUT2D eigenvalue weighted by atomic mass is 9.95. The van der Waals surface area contributed by atoms with Crippen molar-refractivity contribution in [1.29, 1.82) is 0 Å². The summed E-state index contributed by atoms with van der Waals surface area (Å²) in [6.45, 7) is 1.52. The van der Waals surface area contributed by atoms with Gasteiger partial charge in [-0.2, -0.15) is 0 Å². The molecule has 1 aliphatic carbocycles. The SMILES string of the molecule is COCCCNc1ncnc(NC2CCCCC2)c1N. The number of hydrogen-bond acceptors (Lipinski definition) is 6. The van der Waals surface area contributed by atoms with Crippen LogP contribution in [-0.4, -0.2) is 36.3 Å². The number of nitrogen functional groups attached to an aromatic ring is 1. The average molecular weight is 279 g/mol. The van der Waals surface area contributed by atoms with E-state index in [0.29, 0.717) is 17.5 Å². The molecule has 0 unspecified atom stereocenters. The highest BCUT2D eigenvalue weighted by molar-refractivity contribution is 5.74. The number of aromatic nitrogens is 2. The zero-order chi connectivity index (χ0) is 14.2. The predicted molar refractivity (Wildman–Crippen MR) is 81.9 cm³/mol. The van der Waals surface area contributed by atoms with Crippen molar-refractivity contribution in [2.24, 2.45) is 0 Å². The molecule has 0 amide bonds. The monoisotopic (exact) mass is 279 g/mol. The first-order chi connectivity index (χ1) is 9.81. The standard InChI is InChI=1S/C14H25N5O/c1-20-9-5-8-16-13-12(15)14(18-10-17-13)19-11-6-3-2-4-7-11/h10-11H,2-9,15H2,1H3,(H2,16,17,18,19). The summed E-state index contributed by atoms with van der Waals surface area (Å²) in [5.41, 5.74) is 6.74.